The number of hydrogen-bond acceptors (Lipinski definition) is 3. The summed E-state index contributed by atoms with van der Waals surface area (Å²) in [5, 5.41) is 0. The van der Waals surface area contributed by atoms with Gasteiger partial charge < -0.3 is 0 Å². The maximum atomic E-state index is 13.7. The van der Waals surface area contributed by atoms with Crippen molar-refractivity contribution < 1.29 is 8.42 Å². The summed E-state index contributed by atoms with van der Waals surface area (Å²) in [7, 11) is -3.72. The Kier molecular flexibility index (Phi) is 8.32. The Morgan fingerprint density at radius 2 is 1.72 bits per heavy atom. The van der Waals surface area contributed by atoms with Crippen molar-refractivity contribution in [3.63, 3.8) is 0 Å². The topological polar surface area (TPSA) is 37.4 Å². The summed E-state index contributed by atoms with van der Waals surface area (Å²) < 4.78 is 29.0. The van der Waals surface area contributed by atoms with Gasteiger partial charge in [-0.2, -0.15) is 0 Å². The lowest BCUT2D eigenvalue weighted by Gasteiger charge is -2.38. The smallest absolute Gasteiger partial charge is 0.206 e. The number of aryl methyl sites for hydroxylation is 1. The molecule has 0 N–H and O–H groups in total. The molecule has 0 amide bonds. The molecule has 0 saturated carbocycles. The molecule has 29 heavy (non-hydrogen) atoms. The van der Waals surface area contributed by atoms with Crippen molar-refractivity contribution in [3.05, 3.63) is 84.5 Å². The van der Waals surface area contributed by atoms with E-state index in [9.17, 15) is 8.42 Å². The van der Waals surface area contributed by atoms with Crippen LogP contribution in [0.25, 0.3) is 0 Å². The van der Waals surface area contributed by atoms with Gasteiger partial charge in [-0.3, -0.25) is 0 Å². The van der Waals surface area contributed by atoms with Crippen LogP contribution in [0, 0.1) is 6.92 Å². The molecule has 0 aliphatic rings. The number of nitrogens with zero attached hydrogens (tertiary/aromatic N) is 1. The highest BCUT2D eigenvalue weighted by molar-refractivity contribution is 8.08. The van der Waals surface area contributed by atoms with Crippen molar-refractivity contribution in [1.29, 1.82) is 0 Å². The lowest BCUT2D eigenvalue weighted by molar-refractivity contribution is 0.297. The van der Waals surface area contributed by atoms with E-state index in [0.717, 1.165) is 16.9 Å². The van der Waals surface area contributed by atoms with Gasteiger partial charge >= 0.3 is 0 Å². The Hall–Kier alpha value is -1.82. The highest BCUT2D eigenvalue weighted by atomic mass is 32.3. The van der Waals surface area contributed by atoms with Crippen LogP contribution in [-0.2, 0) is 10.0 Å². The number of hydrogen-bond donors (Lipinski definition) is 0. The quantitative estimate of drug-likeness (QED) is 0.309. The van der Waals surface area contributed by atoms with Gasteiger partial charge in [0.25, 0.3) is 10.0 Å². The Bertz CT molecular complexity index is 931. The first kappa shape index (κ1) is 23.5. The molecule has 0 bridgehead atoms. The van der Waals surface area contributed by atoms with Crippen molar-refractivity contribution in [2.75, 3.05) is 0 Å². The van der Waals surface area contributed by atoms with E-state index in [1.165, 1.54) is 17.5 Å². The average molecular weight is 430 g/mol. The van der Waals surface area contributed by atoms with Crippen LogP contribution in [-0.4, -0.2) is 17.7 Å². The number of sulfonamides is 1. The molecule has 0 aliphatic heterocycles. The molecule has 0 saturated heterocycles. The summed E-state index contributed by atoms with van der Waals surface area (Å²) in [5.74, 6) is 0. The molecule has 2 aromatic carbocycles. The fourth-order valence-corrected chi connectivity index (χ4v) is 6.27. The standard InChI is InChI=1S/C24H31NO2S2/c1-6-18-24(5,19-10-11-20(2)3)25(28-22-12-8-7-9-13-22)29(26,27)23-16-14-21(4)15-17-23/h6-9,11-17H,1,10,18-19H2,2-5H3. The van der Waals surface area contributed by atoms with Gasteiger partial charge in [0.1, 0.15) is 0 Å². The molecule has 156 valence electrons. The normalized spacial score (nSPS) is 13.7. The van der Waals surface area contributed by atoms with E-state index in [1.54, 1.807) is 15.8 Å². The molecule has 5 heteroatoms. The van der Waals surface area contributed by atoms with Crippen LogP contribution < -0.4 is 0 Å². The first-order chi connectivity index (χ1) is 13.7. The summed E-state index contributed by atoms with van der Waals surface area (Å²) >= 11 is 1.28. The van der Waals surface area contributed by atoms with Crippen LogP contribution in [0.2, 0.25) is 0 Å². The molecule has 1 unspecified atom stereocenters. The van der Waals surface area contributed by atoms with Crippen molar-refractivity contribution in [2.24, 2.45) is 0 Å². The van der Waals surface area contributed by atoms with Crippen LogP contribution >= 0.6 is 11.9 Å². The van der Waals surface area contributed by atoms with Gasteiger partial charge in [0.05, 0.1) is 4.90 Å². The molecular formula is C24H31NO2S2. The van der Waals surface area contributed by atoms with Crippen molar-refractivity contribution in [3.8, 4) is 0 Å². The summed E-state index contributed by atoms with van der Waals surface area (Å²) in [6, 6.07) is 16.7. The van der Waals surface area contributed by atoms with E-state index in [1.807, 2.05) is 62.4 Å². The first-order valence-electron chi connectivity index (χ1n) is 9.78. The van der Waals surface area contributed by atoms with Crippen molar-refractivity contribution >= 4 is 22.0 Å². The number of benzene rings is 2. The maximum Gasteiger partial charge on any atom is 0.253 e. The third-order valence-electron chi connectivity index (χ3n) is 4.73. The fraction of sp³-hybridized carbons (Fsp3) is 0.333. The van der Waals surface area contributed by atoms with Gasteiger partial charge in [0.15, 0.2) is 0 Å². The van der Waals surface area contributed by atoms with Gasteiger partial charge in [-0.15, -0.1) is 10.3 Å². The zero-order valence-electron chi connectivity index (χ0n) is 17.8. The number of allylic oxidation sites excluding steroid dienone is 2. The number of rotatable bonds is 10. The van der Waals surface area contributed by atoms with Gasteiger partial charge in [0.2, 0.25) is 0 Å². The van der Waals surface area contributed by atoms with E-state index in [0.29, 0.717) is 17.7 Å². The van der Waals surface area contributed by atoms with E-state index in [2.05, 4.69) is 26.5 Å². The Labute approximate surface area is 180 Å². The molecule has 0 heterocycles. The molecular weight excluding hydrogens is 398 g/mol. The Morgan fingerprint density at radius 3 is 2.28 bits per heavy atom. The van der Waals surface area contributed by atoms with Gasteiger partial charge in [0, 0.05) is 10.4 Å². The second-order valence-corrected chi connectivity index (χ2v) is 10.8. The average Bonchev–Trinajstić information content (AvgIpc) is 2.67. The minimum Gasteiger partial charge on any atom is -0.206 e. The molecule has 0 fully saturated rings. The van der Waals surface area contributed by atoms with Crippen molar-refractivity contribution in [2.45, 2.75) is 62.3 Å². The monoisotopic (exact) mass is 429 g/mol. The third-order valence-corrected chi connectivity index (χ3v) is 8.38. The predicted molar refractivity (Wildman–Crippen MR) is 124 cm³/mol. The van der Waals surface area contributed by atoms with E-state index in [-0.39, 0.29) is 0 Å². The highest BCUT2D eigenvalue weighted by Gasteiger charge is 2.40. The van der Waals surface area contributed by atoms with Crippen LogP contribution in [0.3, 0.4) is 0 Å². The summed E-state index contributed by atoms with van der Waals surface area (Å²) in [6.07, 6.45) is 6.04. The lowest BCUT2D eigenvalue weighted by Crippen LogP contribution is -2.45. The molecule has 0 aromatic heterocycles. The summed E-state index contributed by atoms with van der Waals surface area (Å²) in [5.41, 5.74) is 1.65. The SMILES string of the molecule is C=CCC(C)(CCC=C(C)C)N(Sc1ccccc1)S(=O)(=O)c1ccc(C)cc1. The summed E-state index contributed by atoms with van der Waals surface area (Å²) in [6.45, 7) is 12.0. The Balaban J connectivity index is 2.52. The largest absolute Gasteiger partial charge is 0.253 e. The van der Waals surface area contributed by atoms with Gasteiger partial charge in [-0.25, -0.2) is 8.42 Å². The first-order valence-corrected chi connectivity index (χ1v) is 12.0. The zero-order valence-corrected chi connectivity index (χ0v) is 19.4. The van der Waals surface area contributed by atoms with Crippen LogP contribution in [0.15, 0.2) is 88.7 Å². The molecule has 2 rings (SSSR count). The molecule has 1 atom stereocenters. The fourth-order valence-electron chi connectivity index (χ4n) is 3.08. The Morgan fingerprint density at radius 1 is 1.10 bits per heavy atom. The van der Waals surface area contributed by atoms with E-state index in [4.69, 9.17) is 0 Å². The maximum absolute atomic E-state index is 13.7. The molecule has 2 aromatic rings. The second kappa shape index (κ2) is 10.3. The highest BCUT2D eigenvalue weighted by Crippen LogP contribution is 2.40. The van der Waals surface area contributed by atoms with Gasteiger partial charge in [-0.05, 0) is 83.2 Å². The molecule has 0 spiro atoms. The van der Waals surface area contributed by atoms with Crippen molar-refractivity contribution in [1.82, 2.24) is 3.71 Å². The lowest BCUT2D eigenvalue weighted by atomic mass is 9.93. The van der Waals surface area contributed by atoms with Crippen LogP contribution in [0.1, 0.15) is 45.6 Å². The van der Waals surface area contributed by atoms with E-state index >= 15 is 0 Å². The van der Waals surface area contributed by atoms with Crippen LogP contribution in [0.4, 0.5) is 0 Å². The molecule has 0 radical (unpaired) electrons. The third kappa shape index (κ3) is 6.33. The minimum atomic E-state index is -3.72. The predicted octanol–water partition coefficient (Wildman–Crippen LogP) is 6.77. The second-order valence-electron chi connectivity index (χ2n) is 7.76. The minimum absolute atomic E-state index is 0.309. The van der Waals surface area contributed by atoms with Crippen LogP contribution in [0.5, 0.6) is 0 Å². The molecule has 0 aliphatic carbocycles. The van der Waals surface area contributed by atoms with E-state index < -0.39 is 15.6 Å². The van der Waals surface area contributed by atoms with Gasteiger partial charge in [-0.1, -0.05) is 53.6 Å². The summed E-state index contributed by atoms with van der Waals surface area (Å²) in [4.78, 5) is 1.20. The zero-order chi connectivity index (χ0) is 21.5. The molecule has 3 nitrogen and oxygen atoms in total.